The van der Waals surface area contributed by atoms with Crippen molar-refractivity contribution in [2.75, 3.05) is 18.5 Å². The van der Waals surface area contributed by atoms with Crippen molar-refractivity contribution in [2.24, 2.45) is 0 Å². The molecule has 1 atom stereocenters. The van der Waals surface area contributed by atoms with Crippen LogP contribution < -0.4 is 10.6 Å². The third kappa shape index (κ3) is 5.36. The highest BCUT2D eigenvalue weighted by molar-refractivity contribution is 7.55. The van der Waals surface area contributed by atoms with E-state index in [-0.39, 0.29) is 13.2 Å². The molecule has 0 saturated heterocycles. The van der Waals surface area contributed by atoms with E-state index in [2.05, 4.69) is 10.6 Å². The molecule has 0 bridgehead atoms. The van der Waals surface area contributed by atoms with Crippen LogP contribution in [0.2, 0.25) is 10.0 Å². The van der Waals surface area contributed by atoms with Crippen molar-refractivity contribution in [1.29, 1.82) is 0 Å². The van der Waals surface area contributed by atoms with Gasteiger partial charge in [0.25, 0.3) is 0 Å². The standard InChI is InChI=1S/C15H23Cl2N2O4P/c1-5-15(4,24(21,22-6-2)23-7-3)19-14(20)18-13-9-11(16)8-12(17)10-13/h8-10H,5-7H2,1-4H3,(H2,18,19,20)/t15-/m1/s1. The molecule has 1 rings (SSSR count). The zero-order chi connectivity index (χ0) is 18.4. The van der Waals surface area contributed by atoms with Crippen molar-refractivity contribution >= 4 is 42.5 Å². The predicted octanol–water partition coefficient (Wildman–Crippen LogP) is 5.51. The Morgan fingerprint density at radius 2 is 1.62 bits per heavy atom. The number of benzene rings is 1. The van der Waals surface area contributed by atoms with E-state index < -0.39 is 18.9 Å². The van der Waals surface area contributed by atoms with Crippen molar-refractivity contribution in [3.05, 3.63) is 28.2 Å². The third-order valence-electron chi connectivity index (χ3n) is 3.39. The number of halogens is 2. The zero-order valence-corrected chi connectivity index (χ0v) is 16.6. The topological polar surface area (TPSA) is 76.7 Å². The van der Waals surface area contributed by atoms with Crippen LogP contribution in [0.25, 0.3) is 0 Å². The summed E-state index contributed by atoms with van der Waals surface area (Å²) >= 11 is 11.8. The molecule has 0 aliphatic rings. The Hall–Kier alpha value is -0.780. The highest BCUT2D eigenvalue weighted by Crippen LogP contribution is 2.59. The van der Waals surface area contributed by atoms with Gasteiger partial charge in [-0.25, -0.2) is 4.79 Å². The molecule has 9 heteroatoms. The van der Waals surface area contributed by atoms with Crippen LogP contribution in [0.15, 0.2) is 18.2 Å². The lowest BCUT2D eigenvalue weighted by Crippen LogP contribution is -2.48. The first-order chi connectivity index (χ1) is 11.2. The summed E-state index contributed by atoms with van der Waals surface area (Å²) in [5.74, 6) is 0. The quantitative estimate of drug-likeness (QED) is 0.568. The number of rotatable bonds is 8. The number of urea groups is 1. The summed E-state index contributed by atoms with van der Waals surface area (Å²) < 4.78 is 23.8. The molecule has 2 N–H and O–H groups in total. The second-order valence-corrected chi connectivity index (χ2v) is 8.57. The summed E-state index contributed by atoms with van der Waals surface area (Å²) in [5.41, 5.74) is 0.422. The lowest BCUT2D eigenvalue weighted by Gasteiger charge is -2.35. The molecule has 24 heavy (non-hydrogen) atoms. The first kappa shape index (κ1) is 21.3. The molecule has 0 saturated carbocycles. The normalized spacial score (nSPS) is 14.1. The van der Waals surface area contributed by atoms with Crippen LogP contribution in [-0.4, -0.2) is 24.5 Å². The van der Waals surface area contributed by atoms with Gasteiger partial charge in [0.2, 0.25) is 0 Å². The van der Waals surface area contributed by atoms with E-state index in [0.717, 1.165) is 0 Å². The van der Waals surface area contributed by atoms with Gasteiger partial charge in [0.05, 0.1) is 13.2 Å². The number of nitrogens with one attached hydrogen (secondary N) is 2. The fraction of sp³-hybridized carbons (Fsp3) is 0.533. The summed E-state index contributed by atoms with van der Waals surface area (Å²) in [7, 11) is -3.54. The Balaban J connectivity index is 2.96. The van der Waals surface area contributed by atoms with Crippen LogP contribution in [0.4, 0.5) is 10.5 Å². The number of carbonyl (C=O) groups excluding carboxylic acids is 1. The van der Waals surface area contributed by atoms with Crippen molar-refractivity contribution in [1.82, 2.24) is 5.32 Å². The molecule has 1 aromatic carbocycles. The van der Waals surface area contributed by atoms with E-state index >= 15 is 0 Å². The minimum atomic E-state index is -3.54. The van der Waals surface area contributed by atoms with Gasteiger partial charge in [0.15, 0.2) is 0 Å². The maximum absolute atomic E-state index is 13.0. The molecular weight excluding hydrogens is 374 g/mol. The Morgan fingerprint density at radius 1 is 1.12 bits per heavy atom. The maximum atomic E-state index is 13.0. The van der Waals surface area contributed by atoms with E-state index in [0.29, 0.717) is 22.2 Å². The van der Waals surface area contributed by atoms with Gasteiger partial charge in [0.1, 0.15) is 5.28 Å². The summed E-state index contributed by atoms with van der Waals surface area (Å²) in [6.07, 6.45) is 0.355. The number of amides is 2. The van der Waals surface area contributed by atoms with Crippen LogP contribution in [0.1, 0.15) is 34.1 Å². The van der Waals surface area contributed by atoms with Crippen LogP contribution in [0, 0.1) is 0 Å². The second kappa shape index (κ2) is 9.07. The van der Waals surface area contributed by atoms with Gasteiger partial charge in [-0.05, 0) is 45.4 Å². The van der Waals surface area contributed by atoms with E-state index in [1.54, 1.807) is 45.9 Å². The molecule has 1 aromatic rings. The van der Waals surface area contributed by atoms with Gasteiger partial charge >= 0.3 is 13.6 Å². The Bertz CT molecular complexity index is 599. The molecule has 0 aliphatic heterocycles. The smallest absolute Gasteiger partial charge is 0.321 e. The Kier molecular flexibility index (Phi) is 8.03. The van der Waals surface area contributed by atoms with Gasteiger partial charge < -0.3 is 19.7 Å². The fourth-order valence-corrected chi connectivity index (χ4v) is 4.52. The first-order valence-electron chi connectivity index (χ1n) is 7.64. The van der Waals surface area contributed by atoms with Crippen LogP contribution in [-0.2, 0) is 13.6 Å². The Morgan fingerprint density at radius 3 is 2.04 bits per heavy atom. The zero-order valence-electron chi connectivity index (χ0n) is 14.2. The highest BCUT2D eigenvalue weighted by Gasteiger charge is 2.47. The minimum Gasteiger partial charge on any atom is -0.321 e. The van der Waals surface area contributed by atoms with E-state index in [4.69, 9.17) is 32.2 Å². The largest absolute Gasteiger partial charge is 0.355 e. The number of anilines is 1. The van der Waals surface area contributed by atoms with Crippen molar-refractivity contribution < 1.29 is 18.4 Å². The minimum absolute atomic E-state index is 0.208. The molecule has 0 aliphatic carbocycles. The molecule has 0 unspecified atom stereocenters. The molecule has 6 nitrogen and oxygen atoms in total. The van der Waals surface area contributed by atoms with Crippen molar-refractivity contribution in [3.8, 4) is 0 Å². The van der Waals surface area contributed by atoms with Gasteiger partial charge in [-0.2, -0.15) is 0 Å². The second-order valence-electron chi connectivity index (χ2n) is 5.20. The molecular formula is C15H23Cl2N2O4P. The summed E-state index contributed by atoms with van der Waals surface area (Å²) in [5, 5.41) is 4.92. The van der Waals surface area contributed by atoms with Gasteiger partial charge in [-0.15, -0.1) is 0 Å². The van der Waals surface area contributed by atoms with Gasteiger partial charge in [-0.1, -0.05) is 30.1 Å². The van der Waals surface area contributed by atoms with E-state index in [1.807, 2.05) is 0 Å². The highest BCUT2D eigenvalue weighted by atomic mass is 35.5. The summed E-state index contributed by atoms with van der Waals surface area (Å²) in [4.78, 5) is 12.3. The van der Waals surface area contributed by atoms with Gasteiger partial charge in [0, 0.05) is 15.7 Å². The maximum Gasteiger partial charge on any atom is 0.355 e. The van der Waals surface area contributed by atoms with Crippen LogP contribution >= 0.6 is 30.8 Å². The summed E-state index contributed by atoms with van der Waals surface area (Å²) in [6.45, 7) is 7.27. The molecule has 2 amide bonds. The number of hydrogen-bond acceptors (Lipinski definition) is 4. The molecule has 0 radical (unpaired) electrons. The van der Waals surface area contributed by atoms with Crippen molar-refractivity contribution in [3.63, 3.8) is 0 Å². The lowest BCUT2D eigenvalue weighted by atomic mass is 10.2. The number of carbonyl (C=O) groups is 1. The first-order valence-corrected chi connectivity index (χ1v) is 9.94. The average Bonchev–Trinajstić information content (AvgIpc) is 2.46. The molecule has 0 heterocycles. The van der Waals surface area contributed by atoms with E-state index in [1.165, 1.54) is 0 Å². The number of hydrogen-bond donors (Lipinski definition) is 2. The third-order valence-corrected chi connectivity index (χ3v) is 6.66. The monoisotopic (exact) mass is 396 g/mol. The van der Waals surface area contributed by atoms with Crippen LogP contribution in [0.5, 0.6) is 0 Å². The van der Waals surface area contributed by atoms with E-state index in [9.17, 15) is 9.36 Å². The SMILES string of the molecule is CCOP(=O)(OCC)[C@](C)(CC)NC(=O)Nc1cc(Cl)cc(Cl)c1. The lowest BCUT2D eigenvalue weighted by molar-refractivity contribution is 0.186. The average molecular weight is 397 g/mol. The van der Waals surface area contributed by atoms with Crippen LogP contribution in [0.3, 0.4) is 0 Å². The summed E-state index contributed by atoms with van der Waals surface area (Å²) in [6, 6.07) is 4.11. The Labute approximate surface area is 152 Å². The molecule has 0 aromatic heterocycles. The predicted molar refractivity (Wildman–Crippen MR) is 98.2 cm³/mol. The molecule has 0 fully saturated rings. The van der Waals surface area contributed by atoms with Crippen molar-refractivity contribution in [2.45, 2.75) is 39.4 Å². The molecule has 136 valence electrons. The molecule has 0 spiro atoms. The van der Waals surface area contributed by atoms with Gasteiger partial charge in [-0.3, -0.25) is 4.57 Å². The fourth-order valence-electron chi connectivity index (χ4n) is 2.05.